The molecule has 0 amide bonds. The van der Waals surface area contributed by atoms with Crippen molar-refractivity contribution in [2.45, 2.75) is 17.7 Å². The minimum Gasteiger partial charge on any atom is -0.149 e. The number of thioether (sulfide) groups is 1. The molecule has 0 saturated heterocycles. The van der Waals surface area contributed by atoms with E-state index in [0.29, 0.717) is 10.0 Å². The van der Waals surface area contributed by atoms with Crippen LogP contribution in [0, 0.1) is 6.92 Å². The van der Waals surface area contributed by atoms with E-state index in [2.05, 4.69) is 29.3 Å². The Morgan fingerprint density at radius 3 is 2.48 bits per heavy atom. The molecule has 3 rings (SSSR count). The van der Waals surface area contributed by atoms with Crippen LogP contribution in [0.25, 0.3) is 11.3 Å². The van der Waals surface area contributed by atoms with Crippen LogP contribution in [0.5, 0.6) is 0 Å². The largest absolute Gasteiger partial charge is 0.149 e. The van der Waals surface area contributed by atoms with Gasteiger partial charge in [-0.2, -0.15) is 0 Å². The zero-order valence-electron chi connectivity index (χ0n) is 12.5. The van der Waals surface area contributed by atoms with E-state index in [9.17, 15) is 0 Å². The van der Waals surface area contributed by atoms with Crippen LogP contribution in [0.1, 0.15) is 11.1 Å². The Morgan fingerprint density at radius 1 is 0.957 bits per heavy atom. The van der Waals surface area contributed by atoms with Crippen molar-refractivity contribution in [1.29, 1.82) is 0 Å². The van der Waals surface area contributed by atoms with Crippen LogP contribution in [-0.2, 0) is 5.75 Å². The molecule has 0 atom stereocenters. The maximum absolute atomic E-state index is 6.18. The number of benzene rings is 2. The normalized spacial score (nSPS) is 10.7. The summed E-state index contributed by atoms with van der Waals surface area (Å²) in [5.41, 5.74) is 4.22. The van der Waals surface area contributed by atoms with Gasteiger partial charge in [-0.05, 0) is 42.3 Å². The SMILES string of the molecule is Cc1ccccc1-c1ccc(SCc2ccc(Cl)cc2Cl)nn1. The summed E-state index contributed by atoms with van der Waals surface area (Å²) in [6.07, 6.45) is 0. The molecule has 0 N–H and O–H groups in total. The van der Waals surface area contributed by atoms with Crippen molar-refractivity contribution in [2.75, 3.05) is 0 Å². The molecule has 0 unspecified atom stereocenters. The third-order valence-corrected chi connectivity index (χ3v) is 5.01. The van der Waals surface area contributed by atoms with Crippen molar-refractivity contribution in [2.24, 2.45) is 0 Å². The number of nitrogens with zero attached hydrogens (tertiary/aromatic N) is 2. The van der Waals surface area contributed by atoms with E-state index >= 15 is 0 Å². The molecule has 23 heavy (non-hydrogen) atoms. The van der Waals surface area contributed by atoms with Gasteiger partial charge in [0.15, 0.2) is 0 Å². The fraction of sp³-hybridized carbons (Fsp3) is 0.111. The van der Waals surface area contributed by atoms with E-state index in [4.69, 9.17) is 23.2 Å². The first kappa shape index (κ1) is 16.3. The van der Waals surface area contributed by atoms with Crippen molar-refractivity contribution >= 4 is 35.0 Å². The Bertz CT molecular complexity index is 820. The Hall–Kier alpha value is -1.55. The maximum atomic E-state index is 6.18. The number of halogens is 2. The van der Waals surface area contributed by atoms with E-state index in [1.807, 2.05) is 36.4 Å². The summed E-state index contributed by atoms with van der Waals surface area (Å²) < 4.78 is 0. The van der Waals surface area contributed by atoms with Crippen LogP contribution < -0.4 is 0 Å². The van der Waals surface area contributed by atoms with Crippen molar-refractivity contribution in [3.05, 3.63) is 75.8 Å². The molecule has 0 saturated carbocycles. The second-order valence-electron chi connectivity index (χ2n) is 5.10. The summed E-state index contributed by atoms with van der Waals surface area (Å²) >= 11 is 13.7. The molecule has 0 radical (unpaired) electrons. The molecule has 5 heteroatoms. The number of rotatable bonds is 4. The molecule has 0 aliphatic rings. The molecule has 0 bridgehead atoms. The molecule has 2 aromatic carbocycles. The molecule has 3 aromatic rings. The zero-order chi connectivity index (χ0) is 16.2. The van der Waals surface area contributed by atoms with E-state index in [0.717, 1.165) is 27.6 Å². The third-order valence-electron chi connectivity index (χ3n) is 3.45. The van der Waals surface area contributed by atoms with Crippen LogP contribution in [-0.4, -0.2) is 10.2 Å². The summed E-state index contributed by atoms with van der Waals surface area (Å²) in [6, 6.07) is 17.7. The van der Waals surface area contributed by atoms with Gasteiger partial charge in [0.1, 0.15) is 5.03 Å². The monoisotopic (exact) mass is 360 g/mol. The molecule has 1 heterocycles. The van der Waals surface area contributed by atoms with Gasteiger partial charge in [0.05, 0.1) is 5.69 Å². The second-order valence-corrected chi connectivity index (χ2v) is 6.94. The first-order chi connectivity index (χ1) is 11.1. The minimum atomic E-state index is 0.645. The highest BCUT2D eigenvalue weighted by Crippen LogP contribution is 2.28. The summed E-state index contributed by atoms with van der Waals surface area (Å²) in [4.78, 5) is 0. The molecule has 1 aromatic heterocycles. The predicted octanol–water partition coefficient (Wildman–Crippen LogP) is 6.05. The van der Waals surface area contributed by atoms with Crippen LogP contribution in [0.3, 0.4) is 0 Å². The Kier molecular flexibility index (Phi) is 5.21. The lowest BCUT2D eigenvalue weighted by Crippen LogP contribution is -1.92. The Morgan fingerprint density at radius 2 is 1.78 bits per heavy atom. The molecular weight excluding hydrogens is 347 g/mol. The van der Waals surface area contributed by atoms with Gasteiger partial charge in [-0.15, -0.1) is 10.2 Å². The number of hydrogen-bond acceptors (Lipinski definition) is 3. The van der Waals surface area contributed by atoms with Crippen LogP contribution in [0.15, 0.2) is 59.6 Å². The predicted molar refractivity (Wildman–Crippen MR) is 98.2 cm³/mol. The minimum absolute atomic E-state index is 0.645. The molecular formula is C18H14Cl2N2S. The van der Waals surface area contributed by atoms with Crippen molar-refractivity contribution in [1.82, 2.24) is 10.2 Å². The van der Waals surface area contributed by atoms with E-state index < -0.39 is 0 Å². The number of aromatic nitrogens is 2. The quantitative estimate of drug-likeness (QED) is 0.529. The smallest absolute Gasteiger partial charge is 0.119 e. The highest BCUT2D eigenvalue weighted by molar-refractivity contribution is 7.98. The first-order valence-electron chi connectivity index (χ1n) is 7.10. The Labute approximate surface area is 149 Å². The van der Waals surface area contributed by atoms with Gasteiger partial charge in [0, 0.05) is 21.4 Å². The first-order valence-corrected chi connectivity index (χ1v) is 8.84. The second kappa shape index (κ2) is 7.35. The van der Waals surface area contributed by atoms with Gasteiger partial charge in [0.25, 0.3) is 0 Å². The van der Waals surface area contributed by atoms with Crippen molar-refractivity contribution < 1.29 is 0 Å². The summed E-state index contributed by atoms with van der Waals surface area (Å²) in [6.45, 7) is 2.07. The highest BCUT2D eigenvalue weighted by atomic mass is 35.5. The summed E-state index contributed by atoms with van der Waals surface area (Å²) in [5, 5.41) is 10.8. The fourth-order valence-corrected chi connectivity index (χ4v) is 3.56. The average Bonchev–Trinajstić information content (AvgIpc) is 2.55. The fourth-order valence-electron chi connectivity index (χ4n) is 2.19. The lowest BCUT2D eigenvalue weighted by atomic mass is 10.1. The maximum Gasteiger partial charge on any atom is 0.119 e. The molecule has 0 aliphatic carbocycles. The molecule has 0 aliphatic heterocycles. The van der Waals surface area contributed by atoms with Crippen LogP contribution in [0.4, 0.5) is 0 Å². The topological polar surface area (TPSA) is 25.8 Å². The average molecular weight is 361 g/mol. The summed E-state index contributed by atoms with van der Waals surface area (Å²) in [7, 11) is 0. The zero-order valence-corrected chi connectivity index (χ0v) is 14.8. The van der Waals surface area contributed by atoms with E-state index in [1.165, 1.54) is 5.56 Å². The Balaban J connectivity index is 1.72. The highest BCUT2D eigenvalue weighted by Gasteiger charge is 2.06. The van der Waals surface area contributed by atoms with Crippen LogP contribution >= 0.6 is 35.0 Å². The van der Waals surface area contributed by atoms with Gasteiger partial charge >= 0.3 is 0 Å². The molecule has 0 spiro atoms. The van der Waals surface area contributed by atoms with Gasteiger partial charge in [-0.1, -0.05) is 65.3 Å². The van der Waals surface area contributed by atoms with Crippen molar-refractivity contribution in [3.8, 4) is 11.3 Å². The molecule has 2 nitrogen and oxygen atoms in total. The summed E-state index contributed by atoms with van der Waals surface area (Å²) in [5.74, 6) is 0.731. The van der Waals surface area contributed by atoms with E-state index in [-0.39, 0.29) is 0 Å². The lowest BCUT2D eigenvalue weighted by molar-refractivity contribution is 0.934. The standard InChI is InChI=1S/C18H14Cl2N2S/c1-12-4-2-3-5-15(12)17-8-9-18(22-21-17)23-11-13-6-7-14(19)10-16(13)20/h2-10H,11H2,1H3. The van der Waals surface area contributed by atoms with Gasteiger partial charge in [-0.3, -0.25) is 0 Å². The number of hydrogen-bond donors (Lipinski definition) is 0. The third kappa shape index (κ3) is 4.05. The van der Waals surface area contributed by atoms with Crippen LogP contribution in [0.2, 0.25) is 10.0 Å². The van der Waals surface area contributed by atoms with E-state index in [1.54, 1.807) is 17.8 Å². The van der Waals surface area contributed by atoms with Gasteiger partial charge < -0.3 is 0 Å². The number of aryl methyl sites for hydroxylation is 1. The lowest BCUT2D eigenvalue weighted by Gasteiger charge is -2.06. The van der Waals surface area contributed by atoms with Crippen molar-refractivity contribution in [3.63, 3.8) is 0 Å². The van der Waals surface area contributed by atoms with Gasteiger partial charge in [0.2, 0.25) is 0 Å². The molecule has 0 fully saturated rings. The van der Waals surface area contributed by atoms with Gasteiger partial charge in [-0.25, -0.2) is 0 Å². The molecule has 116 valence electrons.